The monoisotopic (exact) mass is 533 g/mol. The van der Waals surface area contributed by atoms with E-state index < -0.39 is 11.1 Å². The van der Waals surface area contributed by atoms with Gasteiger partial charge in [-0.2, -0.15) is 5.26 Å². The number of esters is 1. The van der Waals surface area contributed by atoms with E-state index >= 15 is 0 Å². The van der Waals surface area contributed by atoms with Gasteiger partial charge in [-0.15, -0.1) is 10.3 Å². The minimum Gasteiger partial charge on any atom is -0.494 e. The molecule has 0 aromatic heterocycles. The highest BCUT2D eigenvalue weighted by molar-refractivity contribution is 5.73. The summed E-state index contributed by atoms with van der Waals surface area (Å²) in [6.07, 6.45) is 10.1. The van der Waals surface area contributed by atoms with Crippen LogP contribution in [-0.4, -0.2) is 35.3 Å². The van der Waals surface area contributed by atoms with Crippen LogP contribution in [0.4, 0.5) is 0 Å². The molecule has 1 aliphatic rings. The average Bonchev–Trinajstić information content (AvgIpc) is 2.92. The molecule has 1 fully saturated rings. The molecule has 2 aromatic carbocycles. The standard InChI is InChI=1S/C33H45N2O4/c1-32(2)23-29(24-33(3,4)35(32)37)31(36)39-22-12-10-8-6-5-7-9-11-21-38-30-19-17-28(18-20-30)27-15-13-26(25-34)14-16-27/h13-20,29H,5-12,21-24H2,1-4H3. The van der Waals surface area contributed by atoms with Gasteiger partial charge in [0.15, 0.2) is 0 Å². The van der Waals surface area contributed by atoms with Crippen molar-refractivity contribution in [2.75, 3.05) is 13.2 Å². The van der Waals surface area contributed by atoms with Crippen LogP contribution < -0.4 is 4.74 Å². The van der Waals surface area contributed by atoms with E-state index in [0.717, 1.165) is 60.7 Å². The Morgan fingerprint density at radius 1 is 0.795 bits per heavy atom. The number of hydroxylamine groups is 2. The molecule has 0 atom stereocenters. The topological polar surface area (TPSA) is 82.5 Å². The minimum atomic E-state index is -0.544. The summed E-state index contributed by atoms with van der Waals surface area (Å²) in [7, 11) is 0. The van der Waals surface area contributed by atoms with Gasteiger partial charge in [-0.05, 0) is 88.8 Å². The van der Waals surface area contributed by atoms with Gasteiger partial charge in [0, 0.05) is 11.1 Å². The maximum Gasteiger partial charge on any atom is 0.309 e. The number of ether oxygens (including phenoxy) is 2. The summed E-state index contributed by atoms with van der Waals surface area (Å²) in [6.45, 7) is 8.84. The molecule has 1 saturated heterocycles. The van der Waals surface area contributed by atoms with E-state index in [4.69, 9.17) is 14.7 Å². The van der Waals surface area contributed by atoms with Crippen LogP contribution in [0, 0.1) is 17.2 Å². The summed E-state index contributed by atoms with van der Waals surface area (Å²) >= 11 is 0. The first-order valence-electron chi connectivity index (χ1n) is 14.5. The highest BCUT2D eigenvalue weighted by atomic mass is 16.5. The van der Waals surface area contributed by atoms with Crippen LogP contribution in [0.15, 0.2) is 48.5 Å². The highest BCUT2D eigenvalue weighted by Crippen LogP contribution is 2.40. The number of unbranched alkanes of at least 4 members (excludes halogenated alkanes) is 7. The zero-order valence-electron chi connectivity index (χ0n) is 24.2. The van der Waals surface area contributed by atoms with E-state index in [1.165, 1.54) is 19.3 Å². The first kappa shape index (κ1) is 30.7. The molecule has 6 nitrogen and oxygen atoms in total. The van der Waals surface area contributed by atoms with E-state index in [-0.39, 0.29) is 11.9 Å². The number of carbonyl (C=O) groups is 1. The molecule has 0 bridgehead atoms. The minimum absolute atomic E-state index is 0.145. The molecule has 39 heavy (non-hydrogen) atoms. The van der Waals surface area contributed by atoms with Crippen molar-refractivity contribution in [3.8, 4) is 22.9 Å². The summed E-state index contributed by atoms with van der Waals surface area (Å²) in [6, 6.07) is 17.9. The Hall–Kier alpha value is -2.88. The average molecular weight is 534 g/mol. The SMILES string of the molecule is CC1(C)CC(C(=O)OCCCCCCCCCCOc2ccc(-c3ccc(C#N)cc3)cc2)CC(C)(C)N1[O]. The molecule has 0 aliphatic carbocycles. The van der Waals surface area contributed by atoms with Gasteiger partial charge < -0.3 is 9.47 Å². The lowest BCUT2D eigenvalue weighted by molar-refractivity contribution is -0.293. The van der Waals surface area contributed by atoms with Crippen LogP contribution in [0.25, 0.3) is 11.1 Å². The van der Waals surface area contributed by atoms with Gasteiger partial charge in [-0.1, -0.05) is 62.8 Å². The molecule has 0 spiro atoms. The maximum atomic E-state index is 12.6. The molecular formula is C33H45N2O4. The van der Waals surface area contributed by atoms with Crippen molar-refractivity contribution in [1.29, 1.82) is 5.26 Å². The van der Waals surface area contributed by atoms with Crippen molar-refractivity contribution in [3.63, 3.8) is 0 Å². The molecule has 211 valence electrons. The Morgan fingerprint density at radius 3 is 1.77 bits per heavy atom. The largest absolute Gasteiger partial charge is 0.494 e. The van der Waals surface area contributed by atoms with E-state index in [0.29, 0.717) is 25.0 Å². The number of carbonyl (C=O) groups excluding carboxylic acids is 1. The van der Waals surface area contributed by atoms with Gasteiger partial charge in [0.05, 0.1) is 30.8 Å². The van der Waals surface area contributed by atoms with Crippen LogP contribution in [0.1, 0.15) is 97.5 Å². The van der Waals surface area contributed by atoms with Crippen molar-refractivity contribution in [2.24, 2.45) is 5.92 Å². The third-order valence-corrected chi connectivity index (χ3v) is 7.68. The lowest BCUT2D eigenvalue weighted by Gasteiger charge is -2.49. The number of piperidine rings is 1. The molecule has 2 aromatic rings. The Labute approximate surface area is 234 Å². The van der Waals surface area contributed by atoms with E-state index in [1.54, 1.807) is 0 Å². The molecule has 1 radical (unpaired) electrons. The molecule has 6 heteroatoms. The predicted molar refractivity (Wildman–Crippen MR) is 153 cm³/mol. The fourth-order valence-electron chi connectivity index (χ4n) is 5.66. The predicted octanol–water partition coefficient (Wildman–Crippen LogP) is 7.88. The fourth-order valence-corrected chi connectivity index (χ4v) is 5.66. The van der Waals surface area contributed by atoms with Gasteiger partial charge >= 0.3 is 5.97 Å². The Bertz CT molecular complexity index is 1050. The second-order valence-electron chi connectivity index (χ2n) is 12.1. The van der Waals surface area contributed by atoms with Crippen LogP contribution in [0.3, 0.4) is 0 Å². The quantitative estimate of drug-likeness (QED) is 0.182. The summed E-state index contributed by atoms with van der Waals surface area (Å²) in [4.78, 5) is 12.6. The number of nitriles is 1. The molecule has 1 heterocycles. The van der Waals surface area contributed by atoms with Gasteiger partial charge in [-0.3, -0.25) is 4.79 Å². The molecule has 0 saturated carbocycles. The van der Waals surface area contributed by atoms with Crippen molar-refractivity contribution in [1.82, 2.24) is 5.06 Å². The fraction of sp³-hybridized carbons (Fsp3) is 0.576. The van der Waals surface area contributed by atoms with Crippen molar-refractivity contribution < 1.29 is 19.5 Å². The lowest BCUT2D eigenvalue weighted by atomic mass is 9.75. The van der Waals surface area contributed by atoms with Crippen molar-refractivity contribution in [2.45, 2.75) is 103 Å². The van der Waals surface area contributed by atoms with Gasteiger partial charge in [0.2, 0.25) is 0 Å². The number of hydrogen-bond donors (Lipinski definition) is 0. The molecule has 0 amide bonds. The van der Waals surface area contributed by atoms with E-state index in [1.807, 2.05) is 64.1 Å². The Morgan fingerprint density at radius 2 is 1.26 bits per heavy atom. The number of nitrogens with zero attached hydrogens (tertiary/aromatic N) is 2. The first-order valence-corrected chi connectivity index (χ1v) is 14.5. The molecule has 1 aliphatic heterocycles. The summed E-state index contributed by atoms with van der Waals surface area (Å²) in [5.41, 5.74) is 1.78. The van der Waals surface area contributed by atoms with Crippen LogP contribution in [0.2, 0.25) is 0 Å². The van der Waals surface area contributed by atoms with Gasteiger partial charge in [0.1, 0.15) is 5.75 Å². The van der Waals surface area contributed by atoms with Gasteiger partial charge in [-0.25, -0.2) is 0 Å². The molecule has 0 unspecified atom stereocenters. The smallest absolute Gasteiger partial charge is 0.309 e. The second-order valence-corrected chi connectivity index (χ2v) is 12.1. The number of benzene rings is 2. The summed E-state index contributed by atoms with van der Waals surface area (Å²) < 4.78 is 11.5. The van der Waals surface area contributed by atoms with E-state index in [9.17, 15) is 10.0 Å². The molecular weight excluding hydrogens is 488 g/mol. The van der Waals surface area contributed by atoms with Crippen LogP contribution >= 0.6 is 0 Å². The highest BCUT2D eigenvalue weighted by Gasteiger charge is 2.48. The zero-order chi connectivity index (χ0) is 28.3. The summed E-state index contributed by atoms with van der Waals surface area (Å²) in [5.74, 6) is 0.544. The third-order valence-electron chi connectivity index (χ3n) is 7.68. The first-order chi connectivity index (χ1) is 18.6. The molecule has 3 rings (SSSR count). The number of rotatable bonds is 14. The molecule has 0 N–H and O–H groups in total. The maximum absolute atomic E-state index is 12.6. The van der Waals surface area contributed by atoms with Crippen molar-refractivity contribution in [3.05, 3.63) is 54.1 Å². The van der Waals surface area contributed by atoms with E-state index in [2.05, 4.69) is 18.2 Å². The lowest BCUT2D eigenvalue weighted by Crippen LogP contribution is -2.59. The van der Waals surface area contributed by atoms with Crippen molar-refractivity contribution >= 4 is 5.97 Å². The normalized spacial score (nSPS) is 16.9. The van der Waals surface area contributed by atoms with Crippen LogP contribution in [-0.2, 0) is 14.7 Å². The zero-order valence-corrected chi connectivity index (χ0v) is 24.2. The van der Waals surface area contributed by atoms with Gasteiger partial charge in [0.25, 0.3) is 0 Å². The summed E-state index contributed by atoms with van der Waals surface area (Å²) in [5, 5.41) is 22.6. The number of hydrogen-bond acceptors (Lipinski definition) is 5. The van der Waals surface area contributed by atoms with Crippen LogP contribution in [0.5, 0.6) is 5.75 Å². The third kappa shape index (κ3) is 9.37. The second kappa shape index (κ2) is 14.5. The Balaban J connectivity index is 1.17. The Kier molecular flexibility index (Phi) is 11.4.